The van der Waals surface area contributed by atoms with Crippen molar-refractivity contribution < 1.29 is 14.3 Å². The number of carbonyl (C=O) groups is 2. The number of nitrogens with zero attached hydrogens (tertiary/aromatic N) is 2. The van der Waals surface area contributed by atoms with Gasteiger partial charge in [-0.15, -0.1) is 6.58 Å². The van der Waals surface area contributed by atoms with E-state index in [2.05, 4.69) is 11.9 Å². The number of benzene rings is 1. The van der Waals surface area contributed by atoms with Crippen LogP contribution in [0.3, 0.4) is 0 Å². The number of ether oxygens (including phenoxy) is 1. The molecular formula is C22H31N5O3. The largest absolute Gasteiger partial charge is 0.444 e. The standard InChI is InChI=1S/C22H31N5O3/c1-5-17-18(14-9-11-26(12-10-14)21(29)30-22(2,3)4)27(20(28)25-17)16-8-6-7-15(13-16)19(23)24/h5-8,13-14,17-18H,1,9-12H2,2-4H3,(H3,23,24)(H,25,28). The van der Waals surface area contributed by atoms with Crippen LogP contribution >= 0.6 is 0 Å². The van der Waals surface area contributed by atoms with Gasteiger partial charge < -0.3 is 20.7 Å². The number of amides is 3. The highest BCUT2D eigenvalue weighted by Crippen LogP contribution is 2.34. The fourth-order valence-corrected chi connectivity index (χ4v) is 4.16. The molecule has 3 rings (SSSR count). The molecule has 8 nitrogen and oxygen atoms in total. The molecule has 0 aromatic heterocycles. The van der Waals surface area contributed by atoms with Gasteiger partial charge >= 0.3 is 12.1 Å². The molecule has 2 atom stereocenters. The van der Waals surface area contributed by atoms with Crippen LogP contribution in [-0.4, -0.2) is 53.6 Å². The lowest BCUT2D eigenvalue weighted by Crippen LogP contribution is -2.49. The van der Waals surface area contributed by atoms with Crippen LogP contribution in [0.5, 0.6) is 0 Å². The van der Waals surface area contributed by atoms with Gasteiger partial charge in [-0.2, -0.15) is 0 Å². The lowest BCUT2D eigenvalue weighted by Gasteiger charge is -2.39. The van der Waals surface area contributed by atoms with Gasteiger partial charge in [0.2, 0.25) is 0 Å². The predicted octanol–water partition coefficient (Wildman–Crippen LogP) is 3.07. The minimum atomic E-state index is -0.526. The van der Waals surface area contributed by atoms with E-state index in [9.17, 15) is 9.59 Å². The van der Waals surface area contributed by atoms with Crippen molar-refractivity contribution in [1.29, 1.82) is 5.41 Å². The van der Waals surface area contributed by atoms with E-state index in [-0.39, 0.29) is 36.0 Å². The van der Waals surface area contributed by atoms with E-state index in [0.29, 0.717) is 24.3 Å². The summed E-state index contributed by atoms with van der Waals surface area (Å²) in [4.78, 5) is 28.7. The van der Waals surface area contributed by atoms with Gasteiger partial charge in [-0.05, 0) is 51.7 Å². The van der Waals surface area contributed by atoms with Gasteiger partial charge in [0.15, 0.2) is 0 Å². The fraction of sp³-hybridized carbons (Fsp3) is 0.500. The summed E-state index contributed by atoms with van der Waals surface area (Å²) >= 11 is 0. The summed E-state index contributed by atoms with van der Waals surface area (Å²) in [6, 6.07) is 6.63. The van der Waals surface area contributed by atoms with Gasteiger partial charge in [-0.3, -0.25) is 10.3 Å². The Kier molecular flexibility index (Phi) is 6.05. The van der Waals surface area contributed by atoms with Crippen molar-refractivity contribution in [1.82, 2.24) is 10.2 Å². The highest BCUT2D eigenvalue weighted by Gasteiger charge is 2.44. The number of rotatable bonds is 4. The summed E-state index contributed by atoms with van der Waals surface area (Å²) in [7, 11) is 0. The summed E-state index contributed by atoms with van der Waals surface area (Å²) in [6.45, 7) is 10.6. The molecule has 2 fully saturated rings. The molecule has 30 heavy (non-hydrogen) atoms. The summed E-state index contributed by atoms with van der Waals surface area (Å²) in [6.07, 6.45) is 2.98. The number of likely N-dealkylation sites (tertiary alicyclic amines) is 1. The smallest absolute Gasteiger partial charge is 0.410 e. The third-order valence-corrected chi connectivity index (χ3v) is 5.54. The average molecular weight is 414 g/mol. The van der Waals surface area contributed by atoms with E-state index in [1.807, 2.05) is 26.8 Å². The molecule has 0 aliphatic carbocycles. The first-order valence-corrected chi connectivity index (χ1v) is 10.3. The van der Waals surface area contributed by atoms with Gasteiger partial charge in [0, 0.05) is 24.3 Å². The lowest BCUT2D eigenvalue weighted by atomic mass is 9.85. The van der Waals surface area contributed by atoms with Crippen LogP contribution in [0.25, 0.3) is 0 Å². The molecule has 0 bridgehead atoms. The molecule has 1 aromatic carbocycles. The van der Waals surface area contributed by atoms with Gasteiger partial charge in [0.1, 0.15) is 11.4 Å². The van der Waals surface area contributed by atoms with E-state index < -0.39 is 5.60 Å². The number of anilines is 1. The second-order valence-electron chi connectivity index (χ2n) is 8.84. The van der Waals surface area contributed by atoms with Gasteiger partial charge in [-0.25, -0.2) is 9.59 Å². The van der Waals surface area contributed by atoms with Crippen molar-refractivity contribution in [2.45, 2.75) is 51.3 Å². The number of amidine groups is 1. The Bertz CT molecular complexity index is 839. The van der Waals surface area contributed by atoms with Crippen LogP contribution in [0.2, 0.25) is 0 Å². The van der Waals surface area contributed by atoms with Crippen LogP contribution < -0.4 is 16.0 Å². The lowest BCUT2D eigenvalue weighted by molar-refractivity contribution is 0.0174. The molecular weight excluding hydrogens is 382 g/mol. The Morgan fingerprint density at radius 1 is 1.33 bits per heavy atom. The first-order valence-electron chi connectivity index (χ1n) is 10.3. The molecule has 2 heterocycles. The number of carbonyl (C=O) groups excluding carboxylic acids is 2. The minimum Gasteiger partial charge on any atom is -0.444 e. The number of hydrogen-bond donors (Lipinski definition) is 3. The summed E-state index contributed by atoms with van der Waals surface area (Å²) < 4.78 is 5.49. The zero-order valence-electron chi connectivity index (χ0n) is 17.9. The molecule has 0 saturated carbocycles. The van der Waals surface area contributed by atoms with Gasteiger partial charge in [0.05, 0.1) is 12.1 Å². The predicted molar refractivity (Wildman–Crippen MR) is 117 cm³/mol. The first-order chi connectivity index (χ1) is 14.1. The second-order valence-corrected chi connectivity index (χ2v) is 8.84. The number of nitrogens with two attached hydrogens (primary N) is 1. The Balaban J connectivity index is 1.78. The molecule has 8 heteroatoms. The molecule has 2 aliphatic heterocycles. The van der Waals surface area contributed by atoms with E-state index in [4.69, 9.17) is 15.9 Å². The Labute approximate surface area is 177 Å². The Morgan fingerprint density at radius 3 is 2.57 bits per heavy atom. The number of piperidine rings is 1. The van der Waals surface area contributed by atoms with Crippen molar-refractivity contribution in [2.75, 3.05) is 18.0 Å². The maximum absolute atomic E-state index is 12.8. The summed E-state index contributed by atoms with van der Waals surface area (Å²) in [5.74, 6) is 0.144. The molecule has 0 radical (unpaired) electrons. The molecule has 2 aliphatic rings. The zero-order chi connectivity index (χ0) is 22.1. The third kappa shape index (κ3) is 4.58. The highest BCUT2D eigenvalue weighted by molar-refractivity contribution is 5.99. The first kappa shape index (κ1) is 21.7. The van der Waals surface area contributed by atoms with Crippen LogP contribution in [0.4, 0.5) is 15.3 Å². The topological polar surface area (TPSA) is 112 Å². The van der Waals surface area contributed by atoms with Crippen LogP contribution in [0, 0.1) is 11.3 Å². The Morgan fingerprint density at radius 2 is 2.00 bits per heavy atom. The number of urea groups is 1. The van der Waals surface area contributed by atoms with E-state index >= 15 is 0 Å². The molecule has 0 spiro atoms. The van der Waals surface area contributed by atoms with E-state index in [1.165, 1.54) is 0 Å². The van der Waals surface area contributed by atoms with Gasteiger partial charge in [0.25, 0.3) is 0 Å². The average Bonchev–Trinajstić information content (AvgIpc) is 3.03. The normalized spacial score (nSPS) is 22.6. The van der Waals surface area contributed by atoms with Crippen molar-refractivity contribution in [2.24, 2.45) is 11.7 Å². The van der Waals surface area contributed by atoms with E-state index in [0.717, 1.165) is 12.8 Å². The zero-order valence-corrected chi connectivity index (χ0v) is 17.9. The molecule has 3 amide bonds. The maximum atomic E-state index is 12.8. The van der Waals surface area contributed by atoms with E-state index in [1.54, 1.807) is 34.1 Å². The SMILES string of the molecule is C=CC1NC(=O)N(c2cccc(C(=N)N)c2)C1C1CCN(C(=O)OC(C)(C)C)CC1. The van der Waals surface area contributed by atoms with Crippen molar-refractivity contribution in [3.63, 3.8) is 0 Å². The second kappa shape index (κ2) is 8.38. The molecule has 1 aromatic rings. The third-order valence-electron chi connectivity index (χ3n) is 5.54. The monoisotopic (exact) mass is 413 g/mol. The number of nitrogen functional groups attached to an aromatic ring is 1. The van der Waals surface area contributed by atoms with Gasteiger partial charge in [-0.1, -0.05) is 18.2 Å². The summed E-state index contributed by atoms with van der Waals surface area (Å²) in [5, 5.41) is 10.7. The van der Waals surface area contributed by atoms with Crippen molar-refractivity contribution in [3.05, 3.63) is 42.5 Å². The Hall–Kier alpha value is -3.03. The number of hydrogen-bond acceptors (Lipinski definition) is 4. The molecule has 162 valence electrons. The molecule has 2 unspecified atom stereocenters. The quantitative estimate of drug-likeness (QED) is 0.400. The van der Waals surface area contributed by atoms with Crippen LogP contribution in [0.15, 0.2) is 36.9 Å². The fourth-order valence-electron chi connectivity index (χ4n) is 4.16. The molecule has 4 N–H and O–H groups in total. The van der Waals surface area contributed by atoms with Crippen LogP contribution in [-0.2, 0) is 4.74 Å². The van der Waals surface area contributed by atoms with Crippen molar-refractivity contribution >= 4 is 23.6 Å². The summed E-state index contributed by atoms with van der Waals surface area (Å²) in [5.41, 5.74) is 6.38. The molecule has 2 saturated heterocycles. The van der Waals surface area contributed by atoms with Crippen molar-refractivity contribution in [3.8, 4) is 0 Å². The van der Waals surface area contributed by atoms with Crippen LogP contribution in [0.1, 0.15) is 39.2 Å². The maximum Gasteiger partial charge on any atom is 0.410 e. The highest BCUT2D eigenvalue weighted by atomic mass is 16.6. The minimum absolute atomic E-state index is 0.0426. The number of nitrogens with one attached hydrogen (secondary N) is 2.